The van der Waals surface area contributed by atoms with Gasteiger partial charge < -0.3 is 10.4 Å². The highest BCUT2D eigenvalue weighted by Crippen LogP contribution is 2.32. The zero-order chi connectivity index (χ0) is 11.3. The van der Waals surface area contributed by atoms with Crippen LogP contribution in [0.15, 0.2) is 0 Å². The van der Waals surface area contributed by atoms with Gasteiger partial charge >= 0.3 is 0 Å². The summed E-state index contributed by atoms with van der Waals surface area (Å²) in [6.45, 7) is 8.67. The van der Waals surface area contributed by atoms with E-state index in [2.05, 4.69) is 26.1 Å². The molecule has 0 radical (unpaired) electrons. The molecule has 2 atom stereocenters. The zero-order valence-corrected chi connectivity index (χ0v) is 10.6. The SMILES string of the molecule is CCC1CNCCC1(O)CCCC(C)C. The Labute approximate surface area is 94.5 Å². The standard InChI is InChI=1S/C13H27NO/c1-4-12-10-14-9-8-13(12,15)7-5-6-11(2)3/h11-12,14-15H,4-10H2,1-3H3. The van der Waals surface area contributed by atoms with Crippen LogP contribution in [0.4, 0.5) is 0 Å². The lowest BCUT2D eigenvalue weighted by atomic mass is 9.76. The van der Waals surface area contributed by atoms with Gasteiger partial charge in [-0.15, -0.1) is 0 Å². The van der Waals surface area contributed by atoms with Crippen LogP contribution < -0.4 is 5.32 Å². The maximum absolute atomic E-state index is 10.6. The van der Waals surface area contributed by atoms with Crippen LogP contribution in [0.25, 0.3) is 0 Å². The first-order valence-corrected chi connectivity index (χ1v) is 6.51. The van der Waals surface area contributed by atoms with E-state index in [1.165, 1.54) is 12.8 Å². The molecule has 1 aliphatic heterocycles. The number of piperidine rings is 1. The molecule has 90 valence electrons. The van der Waals surface area contributed by atoms with Crippen molar-refractivity contribution in [2.45, 2.75) is 58.5 Å². The van der Waals surface area contributed by atoms with Gasteiger partial charge in [-0.05, 0) is 37.6 Å². The van der Waals surface area contributed by atoms with Gasteiger partial charge in [-0.2, -0.15) is 0 Å². The monoisotopic (exact) mass is 213 g/mol. The van der Waals surface area contributed by atoms with Gasteiger partial charge in [0.2, 0.25) is 0 Å². The average molecular weight is 213 g/mol. The quantitative estimate of drug-likeness (QED) is 0.735. The molecule has 2 nitrogen and oxygen atoms in total. The Balaban J connectivity index is 2.39. The summed E-state index contributed by atoms with van der Waals surface area (Å²) in [5, 5.41) is 14.0. The lowest BCUT2D eigenvalue weighted by molar-refractivity contribution is -0.0507. The fourth-order valence-corrected chi connectivity index (χ4v) is 2.65. The topological polar surface area (TPSA) is 32.3 Å². The summed E-state index contributed by atoms with van der Waals surface area (Å²) in [4.78, 5) is 0. The molecule has 2 N–H and O–H groups in total. The molecule has 1 saturated heterocycles. The van der Waals surface area contributed by atoms with Gasteiger partial charge in [0.05, 0.1) is 5.60 Å². The van der Waals surface area contributed by atoms with Crippen LogP contribution in [0.2, 0.25) is 0 Å². The van der Waals surface area contributed by atoms with Gasteiger partial charge in [-0.3, -0.25) is 0 Å². The lowest BCUT2D eigenvalue weighted by Gasteiger charge is -2.40. The lowest BCUT2D eigenvalue weighted by Crippen LogP contribution is -2.50. The van der Waals surface area contributed by atoms with Crippen LogP contribution in [0.5, 0.6) is 0 Å². The second kappa shape index (κ2) is 5.86. The van der Waals surface area contributed by atoms with E-state index in [-0.39, 0.29) is 5.60 Å². The first-order valence-electron chi connectivity index (χ1n) is 6.51. The van der Waals surface area contributed by atoms with E-state index in [1.807, 2.05) is 0 Å². The molecule has 0 aliphatic carbocycles. The predicted octanol–water partition coefficient (Wildman–Crippen LogP) is 2.56. The van der Waals surface area contributed by atoms with Crippen molar-refractivity contribution >= 4 is 0 Å². The Bertz CT molecular complexity index is 181. The maximum Gasteiger partial charge on any atom is 0.0699 e. The van der Waals surface area contributed by atoms with Gasteiger partial charge in [0.15, 0.2) is 0 Å². The number of hydrogen-bond donors (Lipinski definition) is 2. The molecule has 0 aromatic carbocycles. The molecule has 0 amide bonds. The summed E-state index contributed by atoms with van der Waals surface area (Å²) < 4.78 is 0. The fraction of sp³-hybridized carbons (Fsp3) is 1.00. The number of hydrogen-bond acceptors (Lipinski definition) is 2. The van der Waals surface area contributed by atoms with E-state index in [0.29, 0.717) is 5.92 Å². The van der Waals surface area contributed by atoms with Crippen molar-refractivity contribution in [1.29, 1.82) is 0 Å². The van der Waals surface area contributed by atoms with E-state index < -0.39 is 0 Å². The van der Waals surface area contributed by atoms with Crippen LogP contribution in [-0.2, 0) is 0 Å². The normalized spacial score (nSPS) is 32.2. The van der Waals surface area contributed by atoms with Crippen LogP contribution >= 0.6 is 0 Å². The maximum atomic E-state index is 10.6. The zero-order valence-electron chi connectivity index (χ0n) is 10.6. The molecule has 15 heavy (non-hydrogen) atoms. The molecular weight excluding hydrogens is 186 g/mol. The highest BCUT2D eigenvalue weighted by atomic mass is 16.3. The molecule has 0 saturated carbocycles. The van der Waals surface area contributed by atoms with Crippen molar-refractivity contribution in [3.05, 3.63) is 0 Å². The van der Waals surface area contributed by atoms with Crippen molar-refractivity contribution in [2.75, 3.05) is 13.1 Å². The number of rotatable bonds is 5. The van der Waals surface area contributed by atoms with Crippen LogP contribution in [0, 0.1) is 11.8 Å². The van der Waals surface area contributed by atoms with Crippen LogP contribution in [0.1, 0.15) is 52.9 Å². The minimum Gasteiger partial charge on any atom is -0.390 e. The Morgan fingerprint density at radius 1 is 1.47 bits per heavy atom. The molecule has 2 unspecified atom stereocenters. The Morgan fingerprint density at radius 3 is 2.80 bits per heavy atom. The van der Waals surface area contributed by atoms with Crippen LogP contribution in [-0.4, -0.2) is 23.8 Å². The molecule has 0 bridgehead atoms. The second-order valence-electron chi connectivity index (χ2n) is 5.45. The molecule has 2 heteroatoms. The van der Waals surface area contributed by atoms with E-state index in [0.717, 1.165) is 38.3 Å². The van der Waals surface area contributed by atoms with Gasteiger partial charge in [0, 0.05) is 6.54 Å². The van der Waals surface area contributed by atoms with Gasteiger partial charge in [-0.25, -0.2) is 0 Å². The predicted molar refractivity (Wildman–Crippen MR) is 64.9 cm³/mol. The first-order chi connectivity index (χ1) is 7.08. The number of aliphatic hydroxyl groups is 1. The van der Waals surface area contributed by atoms with Crippen molar-refractivity contribution < 1.29 is 5.11 Å². The summed E-state index contributed by atoms with van der Waals surface area (Å²) in [5.74, 6) is 1.22. The molecule has 1 aliphatic rings. The largest absolute Gasteiger partial charge is 0.390 e. The molecule has 1 rings (SSSR count). The molecule has 0 spiro atoms. The summed E-state index contributed by atoms with van der Waals surface area (Å²) in [7, 11) is 0. The highest BCUT2D eigenvalue weighted by molar-refractivity contribution is 4.91. The van der Waals surface area contributed by atoms with Gasteiger partial charge in [0.25, 0.3) is 0 Å². The summed E-state index contributed by atoms with van der Waals surface area (Å²) in [5.41, 5.74) is -0.380. The Kier molecular flexibility index (Phi) is 5.07. The smallest absolute Gasteiger partial charge is 0.0699 e. The van der Waals surface area contributed by atoms with Crippen molar-refractivity contribution in [1.82, 2.24) is 5.32 Å². The molecule has 0 aromatic heterocycles. The van der Waals surface area contributed by atoms with E-state index in [1.54, 1.807) is 0 Å². The Hall–Kier alpha value is -0.0800. The molecule has 1 fully saturated rings. The van der Waals surface area contributed by atoms with Gasteiger partial charge in [0.1, 0.15) is 0 Å². The fourth-order valence-electron chi connectivity index (χ4n) is 2.65. The third-order valence-corrected chi connectivity index (χ3v) is 3.77. The average Bonchev–Trinajstić information content (AvgIpc) is 2.17. The van der Waals surface area contributed by atoms with E-state index in [9.17, 15) is 5.11 Å². The molecular formula is C13H27NO. The second-order valence-corrected chi connectivity index (χ2v) is 5.45. The van der Waals surface area contributed by atoms with Crippen molar-refractivity contribution in [2.24, 2.45) is 11.8 Å². The summed E-state index contributed by atoms with van der Waals surface area (Å²) in [6, 6.07) is 0. The first kappa shape index (κ1) is 13.0. The molecule has 0 aromatic rings. The Morgan fingerprint density at radius 2 is 2.20 bits per heavy atom. The van der Waals surface area contributed by atoms with Crippen molar-refractivity contribution in [3.63, 3.8) is 0 Å². The summed E-state index contributed by atoms with van der Waals surface area (Å²) in [6.07, 6.45) is 5.43. The van der Waals surface area contributed by atoms with Gasteiger partial charge in [-0.1, -0.05) is 33.6 Å². The third-order valence-electron chi connectivity index (χ3n) is 3.77. The minimum atomic E-state index is -0.380. The number of nitrogens with one attached hydrogen (secondary N) is 1. The highest BCUT2D eigenvalue weighted by Gasteiger charge is 2.36. The summed E-state index contributed by atoms with van der Waals surface area (Å²) >= 11 is 0. The van der Waals surface area contributed by atoms with E-state index >= 15 is 0 Å². The van der Waals surface area contributed by atoms with E-state index in [4.69, 9.17) is 0 Å². The van der Waals surface area contributed by atoms with Crippen molar-refractivity contribution in [3.8, 4) is 0 Å². The molecule has 1 heterocycles. The minimum absolute atomic E-state index is 0.380. The van der Waals surface area contributed by atoms with Crippen LogP contribution in [0.3, 0.4) is 0 Å². The third kappa shape index (κ3) is 3.76.